The van der Waals surface area contributed by atoms with Crippen LogP contribution in [0.15, 0.2) is 54.9 Å². The number of hydrogen-bond donors (Lipinski definition) is 1. The number of likely N-dealkylation sites (N-methyl/N-ethyl adjacent to an activating group) is 2. The number of para-hydroxylation sites is 1. The number of aryl methyl sites for hydroxylation is 1. The van der Waals surface area contributed by atoms with E-state index in [4.69, 9.17) is 4.74 Å². The molecule has 1 fully saturated rings. The first-order valence-corrected chi connectivity index (χ1v) is 18.2. The van der Waals surface area contributed by atoms with Gasteiger partial charge in [0.05, 0.1) is 17.9 Å². The molecule has 7 rings (SSSR count). The lowest BCUT2D eigenvalue weighted by atomic mass is 9.81. The van der Waals surface area contributed by atoms with Gasteiger partial charge < -0.3 is 14.2 Å². The van der Waals surface area contributed by atoms with Gasteiger partial charge in [-0.15, -0.1) is 0 Å². The van der Waals surface area contributed by atoms with E-state index in [-0.39, 0.29) is 12.6 Å². The lowest BCUT2D eigenvalue weighted by molar-refractivity contribution is 0.0977. The summed E-state index contributed by atoms with van der Waals surface area (Å²) in [6, 6.07) is 14.0. The molecule has 47 heavy (non-hydrogen) atoms. The molecule has 2 aliphatic heterocycles. The maximum atomic E-state index is 13.6. The normalized spacial score (nSPS) is 22.1. The Morgan fingerprint density at radius 1 is 0.979 bits per heavy atom. The quantitative estimate of drug-likeness (QED) is 0.352. The fourth-order valence-corrected chi connectivity index (χ4v) is 8.37. The van der Waals surface area contributed by atoms with Gasteiger partial charge in [0.25, 0.3) is 5.91 Å². The lowest BCUT2D eigenvalue weighted by Gasteiger charge is -2.35. The van der Waals surface area contributed by atoms with Crippen molar-refractivity contribution in [3.05, 3.63) is 71.5 Å². The van der Waals surface area contributed by atoms with Crippen molar-refractivity contribution in [2.24, 2.45) is 7.05 Å². The predicted octanol–water partition coefficient (Wildman–Crippen LogP) is 4.20. The predicted molar refractivity (Wildman–Crippen MR) is 183 cm³/mol. The highest BCUT2D eigenvalue weighted by Gasteiger charge is 2.33. The summed E-state index contributed by atoms with van der Waals surface area (Å²) in [5.41, 5.74) is 5.92. The van der Waals surface area contributed by atoms with Gasteiger partial charge in [-0.25, -0.2) is 4.72 Å². The largest absolute Gasteiger partial charge is 0.491 e. The summed E-state index contributed by atoms with van der Waals surface area (Å²) in [7, 11) is 1.42. The van der Waals surface area contributed by atoms with E-state index in [2.05, 4.69) is 48.6 Å². The standard InChI is InChI=1S/C35H45N7O4S/c1-38-15-17-40(3)47(44,45)37-35(43)27-13-14-29-31(19-27)42-23-28(41(18-16-38)22-25-20-36-39(2)21-25)24-46-32-12-8-7-11-30(32)34(42)33(29)26-9-5-4-6-10-26/h7-8,11-14,19-21,26,28H,4-6,9-10,15-18,22-24H2,1-3H3,(H,37,43)/t28-/m1/s1. The molecule has 2 aromatic heterocycles. The summed E-state index contributed by atoms with van der Waals surface area (Å²) in [6.45, 7) is 4.10. The van der Waals surface area contributed by atoms with Crippen LogP contribution in [0.25, 0.3) is 22.2 Å². The smallest absolute Gasteiger partial charge is 0.303 e. The molecule has 0 unspecified atom stereocenters. The fourth-order valence-electron chi connectivity index (χ4n) is 7.54. The van der Waals surface area contributed by atoms with Gasteiger partial charge in [-0.3, -0.25) is 14.4 Å². The number of rotatable bonds is 3. The molecule has 4 heterocycles. The zero-order chi connectivity index (χ0) is 32.7. The number of hydrogen-bond acceptors (Lipinski definition) is 7. The molecule has 250 valence electrons. The number of ether oxygens (including phenoxy) is 1. The van der Waals surface area contributed by atoms with Crippen LogP contribution in [0.3, 0.4) is 0 Å². The van der Waals surface area contributed by atoms with E-state index >= 15 is 0 Å². The lowest BCUT2D eigenvalue weighted by Crippen LogP contribution is -2.47. The fraction of sp³-hybridized carbons (Fsp3) is 0.486. The molecule has 3 aliphatic rings. The van der Waals surface area contributed by atoms with E-state index in [1.807, 2.05) is 43.2 Å². The molecule has 11 nitrogen and oxygen atoms in total. The number of aromatic nitrogens is 3. The molecule has 1 atom stereocenters. The number of carbonyl (C=O) groups is 1. The highest BCUT2D eigenvalue weighted by Crippen LogP contribution is 2.47. The van der Waals surface area contributed by atoms with Crippen molar-refractivity contribution < 1.29 is 17.9 Å². The van der Waals surface area contributed by atoms with E-state index in [1.165, 1.54) is 36.2 Å². The van der Waals surface area contributed by atoms with Crippen LogP contribution in [0.2, 0.25) is 0 Å². The molecule has 12 heteroatoms. The molecule has 1 saturated carbocycles. The Kier molecular flexibility index (Phi) is 8.86. The van der Waals surface area contributed by atoms with E-state index in [1.54, 1.807) is 6.07 Å². The molecule has 1 amide bonds. The van der Waals surface area contributed by atoms with Crippen molar-refractivity contribution in [3.8, 4) is 17.0 Å². The van der Waals surface area contributed by atoms with Crippen LogP contribution in [0, 0.1) is 0 Å². The second kappa shape index (κ2) is 13.1. The Bertz CT molecular complexity index is 1880. The molecule has 4 bridgehead atoms. The third kappa shape index (κ3) is 6.43. The van der Waals surface area contributed by atoms with E-state index < -0.39 is 16.1 Å². The average Bonchev–Trinajstić information content (AvgIpc) is 3.61. The summed E-state index contributed by atoms with van der Waals surface area (Å²) in [5.74, 6) is 0.618. The Morgan fingerprint density at radius 2 is 1.77 bits per heavy atom. The van der Waals surface area contributed by atoms with Gasteiger partial charge in [0, 0.05) is 87.2 Å². The van der Waals surface area contributed by atoms with Crippen molar-refractivity contribution in [1.29, 1.82) is 0 Å². The van der Waals surface area contributed by atoms with Gasteiger partial charge in [-0.1, -0.05) is 37.5 Å². The Balaban J connectivity index is 1.44. The second-order valence-electron chi connectivity index (χ2n) is 13.5. The van der Waals surface area contributed by atoms with Crippen LogP contribution in [-0.4, -0.2) is 95.7 Å². The minimum atomic E-state index is -4.03. The number of benzene rings is 2. The minimum Gasteiger partial charge on any atom is -0.491 e. The summed E-state index contributed by atoms with van der Waals surface area (Å²) in [4.78, 5) is 18.2. The van der Waals surface area contributed by atoms with E-state index in [0.29, 0.717) is 37.7 Å². The highest BCUT2D eigenvalue weighted by molar-refractivity contribution is 7.87. The topological polar surface area (TPSA) is 105 Å². The first kappa shape index (κ1) is 31.9. The number of amides is 1. The maximum absolute atomic E-state index is 13.6. The van der Waals surface area contributed by atoms with Crippen molar-refractivity contribution in [2.75, 3.05) is 46.9 Å². The summed E-state index contributed by atoms with van der Waals surface area (Å²) in [5, 5.41) is 5.57. The highest BCUT2D eigenvalue weighted by atomic mass is 32.2. The number of carbonyl (C=O) groups excluding carboxylic acids is 1. The molecular formula is C35H45N7O4S. The molecule has 0 radical (unpaired) electrons. The summed E-state index contributed by atoms with van der Waals surface area (Å²) >= 11 is 0. The summed E-state index contributed by atoms with van der Waals surface area (Å²) in [6.07, 6.45) is 9.84. The molecule has 0 saturated heterocycles. The Hall–Kier alpha value is -3.71. The average molecular weight is 660 g/mol. The van der Waals surface area contributed by atoms with Gasteiger partial charge in [0.1, 0.15) is 12.4 Å². The van der Waals surface area contributed by atoms with Gasteiger partial charge >= 0.3 is 10.2 Å². The van der Waals surface area contributed by atoms with E-state index in [9.17, 15) is 13.2 Å². The molecule has 1 N–H and O–H groups in total. The SMILES string of the molecule is CN1CCN(Cc2cnn(C)c2)[C@H]2COc3ccccc3-c3c(C4CCCCC4)c4ccc(cc4n3C2)C(=O)NS(=O)(=O)N(C)CC1. The molecule has 1 aliphatic carbocycles. The number of fused-ring (bicyclic) bond motifs is 4. The van der Waals surface area contributed by atoms with E-state index in [0.717, 1.165) is 59.4 Å². The van der Waals surface area contributed by atoms with Crippen LogP contribution in [-0.2, 0) is 30.3 Å². The summed E-state index contributed by atoms with van der Waals surface area (Å²) < 4.78 is 40.9. The molecule has 2 aromatic carbocycles. The first-order valence-electron chi connectivity index (χ1n) is 16.7. The van der Waals surface area contributed by atoms with Gasteiger partial charge in [-0.2, -0.15) is 17.8 Å². The molecule has 4 aromatic rings. The van der Waals surface area contributed by atoms with Crippen molar-refractivity contribution in [3.63, 3.8) is 0 Å². The third-order valence-electron chi connectivity index (χ3n) is 10.2. The first-order chi connectivity index (χ1) is 22.7. The van der Waals surface area contributed by atoms with Gasteiger partial charge in [-0.05, 0) is 55.6 Å². The van der Waals surface area contributed by atoms with Crippen LogP contribution < -0.4 is 9.46 Å². The van der Waals surface area contributed by atoms with Crippen LogP contribution in [0.4, 0.5) is 0 Å². The zero-order valence-electron chi connectivity index (χ0n) is 27.6. The maximum Gasteiger partial charge on any atom is 0.303 e. The van der Waals surface area contributed by atoms with Crippen LogP contribution >= 0.6 is 0 Å². The minimum absolute atomic E-state index is 0.0129. The van der Waals surface area contributed by atoms with Crippen LogP contribution in [0.5, 0.6) is 5.75 Å². The van der Waals surface area contributed by atoms with Crippen molar-refractivity contribution in [2.45, 2.75) is 57.2 Å². The van der Waals surface area contributed by atoms with Crippen molar-refractivity contribution in [1.82, 2.24) is 33.2 Å². The van der Waals surface area contributed by atoms with Crippen LogP contribution in [0.1, 0.15) is 59.5 Å². The zero-order valence-corrected chi connectivity index (χ0v) is 28.4. The second-order valence-corrected chi connectivity index (χ2v) is 15.2. The van der Waals surface area contributed by atoms with Crippen molar-refractivity contribution >= 4 is 27.0 Å². The molecule has 0 spiro atoms. The third-order valence-corrected chi connectivity index (χ3v) is 11.7. The number of nitrogens with one attached hydrogen (secondary N) is 1. The molecular weight excluding hydrogens is 614 g/mol. The van der Waals surface area contributed by atoms with Gasteiger partial charge in [0.2, 0.25) is 0 Å². The Labute approximate surface area is 277 Å². The Morgan fingerprint density at radius 3 is 2.55 bits per heavy atom. The number of nitrogens with zero attached hydrogens (tertiary/aromatic N) is 6. The monoisotopic (exact) mass is 659 g/mol. The van der Waals surface area contributed by atoms with Gasteiger partial charge in [0.15, 0.2) is 0 Å².